The summed E-state index contributed by atoms with van der Waals surface area (Å²) in [5.74, 6) is 0.487. The van der Waals surface area contributed by atoms with E-state index in [1.54, 1.807) is 41.1 Å². The lowest BCUT2D eigenvalue weighted by molar-refractivity contribution is 0.580. The minimum atomic E-state index is 0.234. The molecule has 0 spiro atoms. The molecule has 0 aliphatic carbocycles. The van der Waals surface area contributed by atoms with Crippen LogP contribution in [0.5, 0.6) is 0 Å². The molecule has 5 aromatic rings. The van der Waals surface area contributed by atoms with Crippen LogP contribution in [0.2, 0.25) is 25.1 Å². The van der Waals surface area contributed by atoms with E-state index in [-0.39, 0.29) is 11.8 Å². The number of hydrogen-bond acceptors (Lipinski definition) is 4. The van der Waals surface area contributed by atoms with Crippen LogP contribution in [-0.4, -0.2) is 20.0 Å². The van der Waals surface area contributed by atoms with Crippen LogP contribution in [-0.2, 0) is 0 Å². The van der Waals surface area contributed by atoms with Gasteiger partial charge in [-0.3, -0.25) is 0 Å². The molecule has 0 radical (unpaired) electrons. The second-order valence-electron chi connectivity index (χ2n) is 7.37. The normalized spacial score (nSPS) is 11.2. The Morgan fingerprint density at radius 1 is 0.706 bits per heavy atom. The zero-order valence-electron chi connectivity index (χ0n) is 17.4. The van der Waals surface area contributed by atoms with Crippen molar-refractivity contribution in [2.75, 3.05) is 0 Å². The maximum Gasteiger partial charge on any atom is 0.268 e. The second kappa shape index (κ2) is 9.25. The van der Waals surface area contributed by atoms with Crippen molar-refractivity contribution in [3.05, 3.63) is 91.3 Å². The van der Waals surface area contributed by atoms with Crippen molar-refractivity contribution in [3.63, 3.8) is 0 Å². The van der Waals surface area contributed by atoms with Crippen LogP contribution in [0, 0.1) is 6.92 Å². The Morgan fingerprint density at radius 3 is 2.00 bits per heavy atom. The molecule has 5 rings (SSSR count). The number of halogens is 5. The first-order valence-electron chi connectivity index (χ1n) is 9.92. The number of rotatable bonds is 4. The fourth-order valence-electron chi connectivity index (χ4n) is 3.56. The van der Waals surface area contributed by atoms with Crippen LogP contribution in [0.4, 0.5) is 0 Å². The molecule has 5 nitrogen and oxygen atoms in total. The largest absolute Gasteiger partial charge is 0.414 e. The molecule has 0 amide bonds. The zero-order valence-corrected chi connectivity index (χ0v) is 21.1. The Bertz CT molecular complexity index is 1530. The highest BCUT2D eigenvalue weighted by atomic mass is 35.5. The molecule has 0 saturated heterocycles. The predicted molar refractivity (Wildman–Crippen MR) is 138 cm³/mol. The van der Waals surface area contributed by atoms with E-state index in [1.165, 1.54) is 0 Å². The number of benzene rings is 3. The maximum absolute atomic E-state index is 6.53. The van der Waals surface area contributed by atoms with Crippen molar-refractivity contribution in [1.29, 1.82) is 0 Å². The third-order valence-corrected chi connectivity index (χ3v) is 6.50. The third-order valence-electron chi connectivity index (χ3n) is 5.17. The van der Waals surface area contributed by atoms with Crippen molar-refractivity contribution in [2.24, 2.45) is 0 Å². The van der Waals surface area contributed by atoms with E-state index in [9.17, 15) is 0 Å². The van der Waals surface area contributed by atoms with Gasteiger partial charge in [0.05, 0.1) is 27.0 Å². The van der Waals surface area contributed by atoms with Gasteiger partial charge in [-0.25, -0.2) is 4.68 Å². The fraction of sp³-hybridized carbons (Fsp3) is 0.0417. The SMILES string of the molecule is Cc1c(-c2nnc(-c3ccc(Cl)cc3Cl)o2)nn(-c2ccc(Cl)cc2Cl)c1-c1ccc(Cl)cc1. The van der Waals surface area contributed by atoms with Crippen LogP contribution in [0.3, 0.4) is 0 Å². The summed E-state index contributed by atoms with van der Waals surface area (Å²) < 4.78 is 7.69. The summed E-state index contributed by atoms with van der Waals surface area (Å²) in [7, 11) is 0. The molecule has 2 aromatic heterocycles. The lowest BCUT2D eigenvalue weighted by Crippen LogP contribution is -2.00. The van der Waals surface area contributed by atoms with Crippen LogP contribution in [0.25, 0.3) is 40.0 Å². The summed E-state index contributed by atoms with van der Waals surface area (Å²) in [6.07, 6.45) is 0. The lowest BCUT2D eigenvalue weighted by Gasteiger charge is -2.11. The quantitative estimate of drug-likeness (QED) is 0.224. The molecule has 10 heteroatoms. The van der Waals surface area contributed by atoms with Crippen molar-refractivity contribution >= 4 is 58.0 Å². The van der Waals surface area contributed by atoms with Crippen molar-refractivity contribution in [3.8, 4) is 40.0 Å². The number of nitrogens with zero attached hydrogens (tertiary/aromatic N) is 4. The first kappa shape index (κ1) is 23.2. The molecular formula is C24H13Cl5N4O. The summed E-state index contributed by atoms with van der Waals surface area (Å²) in [6.45, 7) is 1.92. The molecule has 0 saturated carbocycles. The lowest BCUT2D eigenvalue weighted by atomic mass is 10.1. The predicted octanol–water partition coefficient (Wildman–Crippen LogP) is 8.83. The van der Waals surface area contributed by atoms with Gasteiger partial charge in [0.25, 0.3) is 5.89 Å². The molecule has 0 unspecified atom stereocenters. The van der Waals surface area contributed by atoms with E-state index in [1.807, 2.05) is 31.2 Å². The molecule has 0 atom stereocenters. The van der Waals surface area contributed by atoms with Gasteiger partial charge in [0.15, 0.2) is 5.69 Å². The van der Waals surface area contributed by atoms with Gasteiger partial charge in [-0.2, -0.15) is 5.10 Å². The molecule has 0 aliphatic rings. The van der Waals surface area contributed by atoms with Gasteiger partial charge in [-0.05, 0) is 55.5 Å². The molecule has 170 valence electrons. The average molecular weight is 551 g/mol. The molecule has 3 aromatic carbocycles. The smallest absolute Gasteiger partial charge is 0.268 e. The van der Waals surface area contributed by atoms with E-state index in [0.29, 0.717) is 42.1 Å². The summed E-state index contributed by atoms with van der Waals surface area (Å²) in [5, 5.41) is 15.7. The first-order valence-corrected chi connectivity index (χ1v) is 11.8. The standard InChI is InChI=1S/C24H13Cl5N4O/c1-12-21(24-31-30-23(34-24)17-8-6-15(26)10-18(17)28)32-33(20-9-7-16(27)11-19(20)29)22(12)13-2-4-14(25)5-3-13/h2-11H,1H3. The Hall–Kier alpha value is -2.54. The summed E-state index contributed by atoms with van der Waals surface area (Å²) in [6, 6.07) is 17.7. The van der Waals surface area contributed by atoms with E-state index >= 15 is 0 Å². The highest BCUT2D eigenvalue weighted by Gasteiger charge is 2.24. The molecular weight excluding hydrogens is 538 g/mol. The highest BCUT2D eigenvalue weighted by molar-refractivity contribution is 6.36. The second-order valence-corrected chi connectivity index (χ2v) is 9.50. The fourth-order valence-corrected chi connectivity index (χ4v) is 4.67. The van der Waals surface area contributed by atoms with Gasteiger partial charge in [0, 0.05) is 26.2 Å². The van der Waals surface area contributed by atoms with Gasteiger partial charge in [-0.1, -0.05) is 70.1 Å². The Kier molecular flexibility index (Phi) is 6.32. The highest BCUT2D eigenvalue weighted by Crippen LogP contribution is 2.37. The Balaban J connectivity index is 1.69. The summed E-state index contributed by atoms with van der Waals surface area (Å²) >= 11 is 31.1. The summed E-state index contributed by atoms with van der Waals surface area (Å²) in [5.41, 5.74) is 4.20. The minimum absolute atomic E-state index is 0.234. The van der Waals surface area contributed by atoms with Gasteiger partial charge in [0.2, 0.25) is 5.89 Å². The van der Waals surface area contributed by atoms with Crippen molar-refractivity contribution in [2.45, 2.75) is 6.92 Å². The first-order chi connectivity index (χ1) is 16.3. The summed E-state index contributed by atoms with van der Waals surface area (Å²) in [4.78, 5) is 0. The van der Waals surface area contributed by atoms with Crippen LogP contribution in [0.15, 0.2) is 65.1 Å². The molecule has 0 aliphatic heterocycles. The third kappa shape index (κ3) is 4.30. The van der Waals surface area contributed by atoms with Crippen LogP contribution in [0.1, 0.15) is 5.56 Å². The minimum Gasteiger partial charge on any atom is -0.414 e. The van der Waals surface area contributed by atoms with Crippen molar-refractivity contribution in [1.82, 2.24) is 20.0 Å². The molecule has 0 N–H and O–H groups in total. The van der Waals surface area contributed by atoms with E-state index in [2.05, 4.69) is 10.2 Å². The zero-order chi connectivity index (χ0) is 24.0. The molecule has 0 fully saturated rings. The van der Waals surface area contributed by atoms with Gasteiger partial charge < -0.3 is 4.42 Å². The topological polar surface area (TPSA) is 56.7 Å². The maximum atomic E-state index is 6.53. The monoisotopic (exact) mass is 548 g/mol. The number of hydrogen-bond donors (Lipinski definition) is 0. The number of aromatic nitrogens is 4. The van der Waals surface area contributed by atoms with Gasteiger partial charge in [-0.15, -0.1) is 10.2 Å². The molecule has 2 heterocycles. The van der Waals surface area contributed by atoms with Crippen LogP contribution >= 0.6 is 58.0 Å². The van der Waals surface area contributed by atoms with E-state index in [0.717, 1.165) is 16.8 Å². The molecule has 34 heavy (non-hydrogen) atoms. The average Bonchev–Trinajstić information content (AvgIpc) is 3.39. The van der Waals surface area contributed by atoms with E-state index < -0.39 is 0 Å². The van der Waals surface area contributed by atoms with Crippen LogP contribution < -0.4 is 0 Å². The Morgan fingerprint density at radius 2 is 1.32 bits per heavy atom. The van der Waals surface area contributed by atoms with E-state index in [4.69, 9.17) is 67.5 Å². The van der Waals surface area contributed by atoms with Crippen molar-refractivity contribution < 1.29 is 4.42 Å². The van der Waals surface area contributed by atoms with Gasteiger partial charge in [0.1, 0.15) is 0 Å². The molecule has 0 bridgehead atoms. The van der Waals surface area contributed by atoms with Gasteiger partial charge >= 0.3 is 0 Å². The Labute approximate surface area is 219 Å².